The molecular formula is C16H15N3O2. The van der Waals surface area contributed by atoms with Gasteiger partial charge in [0.05, 0.1) is 19.2 Å². The fourth-order valence-electron chi connectivity index (χ4n) is 2.22. The first kappa shape index (κ1) is 13.2. The van der Waals surface area contributed by atoms with Crippen molar-refractivity contribution in [2.75, 3.05) is 12.4 Å². The molecule has 0 radical (unpaired) electrons. The van der Waals surface area contributed by atoms with Gasteiger partial charge in [-0.05, 0) is 36.4 Å². The molecule has 0 aliphatic heterocycles. The third-order valence-electron chi connectivity index (χ3n) is 3.27. The Labute approximate surface area is 122 Å². The number of esters is 1. The first-order valence-corrected chi connectivity index (χ1v) is 6.62. The fraction of sp³-hybridized carbons (Fsp3) is 0.125. The number of fused-ring (bicyclic) bond motifs is 1. The lowest BCUT2D eigenvalue weighted by molar-refractivity contribution is 0.0594. The van der Waals surface area contributed by atoms with Gasteiger partial charge in [-0.25, -0.2) is 4.79 Å². The maximum atomic E-state index is 11.4. The van der Waals surface area contributed by atoms with Gasteiger partial charge in [0.2, 0.25) is 0 Å². The average Bonchev–Trinajstić information content (AvgIpc) is 3.01. The Balaban J connectivity index is 1.77. The van der Waals surface area contributed by atoms with Crippen molar-refractivity contribution in [3.8, 4) is 0 Å². The van der Waals surface area contributed by atoms with E-state index in [1.807, 2.05) is 36.4 Å². The molecule has 0 bridgehead atoms. The Bertz CT molecular complexity index is 775. The summed E-state index contributed by atoms with van der Waals surface area (Å²) in [5.41, 5.74) is 3.32. The largest absolute Gasteiger partial charge is 0.464 e. The van der Waals surface area contributed by atoms with Gasteiger partial charge in [-0.2, -0.15) is 0 Å². The zero-order chi connectivity index (χ0) is 14.7. The Morgan fingerprint density at radius 2 is 2.14 bits per heavy atom. The van der Waals surface area contributed by atoms with Gasteiger partial charge in [0, 0.05) is 23.0 Å². The molecule has 3 rings (SSSR count). The van der Waals surface area contributed by atoms with Crippen LogP contribution < -0.4 is 5.32 Å². The van der Waals surface area contributed by atoms with Gasteiger partial charge in [-0.3, -0.25) is 4.98 Å². The molecule has 2 heterocycles. The maximum absolute atomic E-state index is 11.4. The molecule has 2 aromatic heterocycles. The van der Waals surface area contributed by atoms with Crippen LogP contribution in [-0.2, 0) is 11.3 Å². The minimum Gasteiger partial charge on any atom is -0.464 e. The number of H-pyrrole nitrogens is 1. The minimum absolute atomic E-state index is 0.365. The molecule has 1 aromatic carbocycles. The Kier molecular flexibility index (Phi) is 3.55. The zero-order valence-electron chi connectivity index (χ0n) is 11.6. The molecule has 21 heavy (non-hydrogen) atoms. The molecule has 5 nitrogen and oxygen atoms in total. The molecule has 0 saturated carbocycles. The van der Waals surface area contributed by atoms with Crippen LogP contribution in [0.15, 0.2) is 48.7 Å². The van der Waals surface area contributed by atoms with E-state index in [0.29, 0.717) is 12.2 Å². The van der Waals surface area contributed by atoms with Crippen LogP contribution in [0.1, 0.15) is 16.2 Å². The average molecular weight is 281 g/mol. The number of anilines is 1. The zero-order valence-corrected chi connectivity index (χ0v) is 11.6. The second-order valence-corrected chi connectivity index (χ2v) is 4.62. The lowest BCUT2D eigenvalue weighted by atomic mass is 10.2. The van der Waals surface area contributed by atoms with Crippen molar-refractivity contribution in [1.29, 1.82) is 0 Å². The molecule has 0 spiro atoms. The van der Waals surface area contributed by atoms with Gasteiger partial charge in [-0.1, -0.05) is 6.07 Å². The fourth-order valence-corrected chi connectivity index (χ4v) is 2.22. The Morgan fingerprint density at radius 3 is 3.00 bits per heavy atom. The number of aromatic amines is 1. The summed E-state index contributed by atoms with van der Waals surface area (Å²) < 4.78 is 4.67. The molecule has 0 amide bonds. The highest BCUT2D eigenvalue weighted by molar-refractivity contribution is 5.91. The number of carbonyl (C=O) groups excluding carboxylic acids is 1. The van der Waals surface area contributed by atoms with Gasteiger partial charge in [0.1, 0.15) is 5.69 Å². The molecule has 0 fully saturated rings. The molecule has 0 aliphatic carbocycles. The molecule has 2 N–H and O–H groups in total. The lowest BCUT2D eigenvalue weighted by Gasteiger charge is -2.08. The standard InChI is InChI=1S/C16H15N3O2/c1-21-16(20)15-8-7-11(19-15)10-18-14-6-2-5-13-12(14)4-3-9-17-13/h2-9,18-19H,10H2,1H3. The predicted octanol–water partition coefficient (Wildman–Crippen LogP) is 2.96. The summed E-state index contributed by atoms with van der Waals surface area (Å²) in [7, 11) is 1.37. The second kappa shape index (κ2) is 5.66. The SMILES string of the molecule is COC(=O)c1ccc(CNc2cccc3ncccc23)[nH]1. The summed E-state index contributed by atoms with van der Waals surface area (Å²) in [6, 6.07) is 13.5. The first-order chi connectivity index (χ1) is 10.3. The first-order valence-electron chi connectivity index (χ1n) is 6.62. The van der Waals surface area contributed by atoms with Gasteiger partial charge >= 0.3 is 5.97 Å². The van der Waals surface area contributed by atoms with Crippen LogP contribution in [0, 0.1) is 0 Å². The number of methoxy groups -OCH3 is 1. The van der Waals surface area contributed by atoms with Crippen LogP contribution in [0.25, 0.3) is 10.9 Å². The summed E-state index contributed by atoms with van der Waals surface area (Å²) in [5, 5.41) is 4.42. The number of benzene rings is 1. The summed E-state index contributed by atoms with van der Waals surface area (Å²) in [6.45, 7) is 0.588. The van der Waals surface area contributed by atoms with Crippen LogP contribution in [0.2, 0.25) is 0 Å². The van der Waals surface area contributed by atoms with Crippen molar-refractivity contribution in [1.82, 2.24) is 9.97 Å². The number of hydrogen-bond acceptors (Lipinski definition) is 4. The van der Waals surface area contributed by atoms with Gasteiger partial charge < -0.3 is 15.0 Å². The van der Waals surface area contributed by atoms with Crippen molar-refractivity contribution in [2.45, 2.75) is 6.54 Å². The van der Waals surface area contributed by atoms with E-state index in [-0.39, 0.29) is 5.97 Å². The quantitative estimate of drug-likeness (QED) is 0.721. The van der Waals surface area contributed by atoms with Crippen LogP contribution in [-0.4, -0.2) is 23.0 Å². The van der Waals surface area contributed by atoms with Crippen LogP contribution in [0.5, 0.6) is 0 Å². The van der Waals surface area contributed by atoms with Crippen LogP contribution in [0.4, 0.5) is 5.69 Å². The van der Waals surface area contributed by atoms with E-state index in [1.54, 1.807) is 12.3 Å². The van der Waals surface area contributed by atoms with Crippen molar-refractivity contribution in [3.05, 3.63) is 60.0 Å². The number of ether oxygens (including phenoxy) is 1. The highest BCUT2D eigenvalue weighted by Crippen LogP contribution is 2.21. The summed E-state index contributed by atoms with van der Waals surface area (Å²) in [4.78, 5) is 18.7. The highest BCUT2D eigenvalue weighted by atomic mass is 16.5. The third-order valence-corrected chi connectivity index (χ3v) is 3.27. The van der Waals surface area contributed by atoms with Gasteiger partial charge in [0.25, 0.3) is 0 Å². The van der Waals surface area contributed by atoms with Gasteiger partial charge in [-0.15, -0.1) is 0 Å². The molecular weight excluding hydrogens is 266 g/mol. The van der Waals surface area contributed by atoms with E-state index in [0.717, 1.165) is 22.3 Å². The maximum Gasteiger partial charge on any atom is 0.354 e. The number of carbonyl (C=O) groups is 1. The van der Waals surface area contributed by atoms with E-state index >= 15 is 0 Å². The van der Waals surface area contributed by atoms with E-state index < -0.39 is 0 Å². The summed E-state index contributed by atoms with van der Waals surface area (Å²) in [6.07, 6.45) is 1.78. The van der Waals surface area contributed by atoms with E-state index in [2.05, 4.69) is 20.0 Å². The third kappa shape index (κ3) is 2.72. The van der Waals surface area contributed by atoms with Crippen molar-refractivity contribution >= 4 is 22.6 Å². The summed E-state index contributed by atoms with van der Waals surface area (Å²) >= 11 is 0. The second-order valence-electron chi connectivity index (χ2n) is 4.62. The number of pyridine rings is 1. The molecule has 3 aromatic rings. The number of nitrogens with one attached hydrogen (secondary N) is 2. The number of nitrogens with zero attached hydrogens (tertiary/aromatic N) is 1. The smallest absolute Gasteiger partial charge is 0.354 e. The topological polar surface area (TPSA) is 67.0 Å². The number of hydrogen-bond donors (Lipinski definition) is 2. The normalized spacial score (nSPS) is 10.5. The highest BCUT2D eigenvalue weighted by Gasteiger charge is 2.08. The van der Waals surface area contributed by atoms with E-state index in [9.17, 15) is 4.79 Å². The molecule has 0 atom stereocenters. The van der Waals surface area contributed by atoms with Crippen LogP contribution in [0.3, 0.4) is 0 Å². The van der Waals surface area contributed by atoms with E-state index in [1.165, 1.54) is 7.11 Å². The van der Waals surface area contributed by atoms with Gasteiger partial charge in [0.15, 0.2) is 0 Å². The van der Waals surface area contributed by atoms with E-state index in [4.69, 9.17) is 0 Å². The molecule has 106 valence electrons. The van der Waals surface area contributed by atoms with Crippen molar-refractivity contribution in [3.63, 3.8) is 0 Å². The Morgan fingerprint density at radius 1 is 1.24 bits per heavy atom. The van der Waals surface area contributed by atoms with Crippen molar-refractivity contribution in [2.24, 2.45) is 0 Å². The monoisotopic (exact) mass is 281 g/mol. The summed E-state index contributed by atoms with van der Waals surface area (Å²) in [5.74, 6) is -0.365. The van der Waals surface area contributed by atoms with Crippen molar-refractivity contribution < 1.29 is 9.53 Å². The molecule has 0 saturated heterocycles. The Hall–Kier alpha value is -2.82. The predicted molar refractivity (Wildman–Crippen MR) is 81.2 cm³/mol. The molecule has 5 heteroatoms. The minimum atomic E-state index is -0.365. The van der Waals surface area contributed by atoms with Crippen LogP contribution >= 0.6 is 0 Å². The molecule has 0 aliphatic rings. The number of rotatable bonds is 4. The lowest BCUT2D eigenvalue weighted by Crippen LogP contribution is -2.04. The molecule has 0 unspecified atom stereocenters. The number of aromatic nitrogens is 2.